The van der Waals surface area contributed by atoms with Crippen molar-refractivity contribution >= 4 is 34.7 Å². The zero-order valence-electron chi connectivity index (χ0n) is 14.0. The first-order valence-electron chi connectivity index (χ1n) is 8.09. The molecule has 1 N–H and O–H groups in total. The van der Waals surface area contributed by atoms with Crippen LogP contribution in [0, 0.1) is 5.82 Å². The van der Waals surface area contributed by atoms with E-state index in [0.717, 1.165) is 10.4 Å². The van der Waals surface area contributed by atoms with Gasteiger partial charge in [0.05, 0.1) is 10.6 Å². The highest BCUT2D eigenvalue weighted by Crippen LogP contribution is 2.24. The Morgan fingerprint density at radius 2 is 2.00 bits per heavy atom. The Morgan fingerprint density at radius 3 is 2.78 bits per heavy atom. The summed E-state index contributed by atoms with van der Waals surface area (Å²) >= 11 is 2.90. The topological polar surface area (TPSA) is 72.2 Å². The van der Waals surface area contributed by atoms with Gasteiger partial charge in [0, 0.05) is 6.54 Å². The summed E-state index contributed by atoms with van der Waals surface area (Å²) in [5.74, 6) is 0.505. The number of aromatic nitrogens is 4. The van der Waals surface area contributed by atoms with Crippen molar-refractivity contribution in [2.45, 2.75) is 11.6 Å². The van der Waals surface area contributed by atoms with Crippen molar-refractivity contribution in [3.8, 4) is 10.7 Å². The monoisotopic (exact) mass is 399 g/mol. The van der Waals surface area contributed by atoms with Crippen LogP contribution in [0.15, 0.2) is 58.9 Å². The standard InChI is InChI=1S/C18H14FN5OS2/c19-13-5-3-12(4-6-13)10-20-16(25)11-27-17-8-7-15-21-22-18(24(15)23-17)14-2-1-9-26-14/h1-9H,10-11H2,(H,20,25). The molecule has 0 saturated carbocycles. The van der Waals surface area contributed by atoms with Gasteiger partial charge < -0.3 is 5.32 Å². The van der Waals surface area contributed by atoms with Crippen LogP contribution in [0.3, 0.4) is 0 Å². The number of halogens is 1. The maximum Gasteiger partial charge on any atom is 0.230 e. The van der Waals surface area contributed by atoms with Gasteiger partial charge >= 0.3 is 0 Å². The molecule has 6 nitrogen and oxygen atoms in total. The summed E-state index contributed by atoms with van der Waals surface area (Å²) in [7, 11) is 0. The molecule has 4 aromatic rings. The molecule has 3 aromatic heterocycles. The van der Waals surface area contributed by atoms with Gasteiger partial charge in [-0.2, -0.15) is 9.61 Å². The summed E-state index contributed by atoms with van der Waals surface area (Å²) in [6, 6.07) is 13.6. The van der Waals surface area contributed by atoms with Crippen LogP contribution in [-0.4, -0.2) is 31.5 Å². The lowest BCUT2D eigenvalue weighted by atomic mass is 10.2. The van der Waals surface area contributed by atoms with Gasteiger partial charge in [-0.1, -0.05) is 30.0 Å². The quantitative estimate of drug-likeness (QED) is 0.503. The Balaban J connectivity index is 1.39. The van der Waals surface area contributed by atoms with E-state index in [4.69, 9.17) is 0 Å². The maximum atomic E-state index is 12.9. The number of carbonyl (C=O) groups is 1. The number of hydrogen-bond acceptors (Lipinski definition) is 6. The van der Waals surface area contributed by atoms with Crippen molar-refractivity contribution < 1.29 is 9.18 Å². The zero-order chi connectivity index (χ0) is 18.6. The minimum atomic E-state index is -0.294. The van der Waals surface area contributed by atoms with Crippen LogP contribution < -0.4 is 5.32 Å². The summed E-state index contributed by atoms with van der Waals surface area (Å²) < 4.78 is 14.6. The minimum absolute atomic E-state index is 0.117. The molecule has 0 unspecified atom stereocenters. The normalized spacial score (nSPS) is 11.0. The summed E-state index contributed by atoms with van der Waals surface area (Å²) in [4.78, 5) is 13.0. The molecular weight excluding hydrogens is 385 g/mol. The fourth-order valence-corrected chi connectivity index (χ4v) is 3.78. The summed E-state index contributed by atoms with van der Waals surface area (Å²) in [6.45, 7) is 0.361. The van der Waals surface area contributed by atoms with Crippen LogP contribution in [0.5, 0.6) is 0 Å². The molecule has 0 atom stereocenters. The summed E-state index contributed by atoms with van der Waals surface area (Å²) in [5, 5.41) is 18.3. The van der Waals surface area contributed by atoms with Gasteiger partial charge in [0.15, 0.2) is 11.5 Å². The molecule has 9 heteroatoms. The average molecular weight is 399 g/mol. The molecule has 27 heavy (non-hydrogen) atoms. The van der Waals surface area contributed by atoms with E-state index in [1.54, 1.807) is 28.0 Å². The highest BCUT2D eigenvalue weighted by Gasteiger charge is 2.11. The van der Waals surface area contributed by atoms with E-state index in [9.17, 15) is 9.18 Å². The van der Waals surface area contributed by atoms with E-state index >= 15 is 0 Å². The lowest BCUT2D eigenvalue weighted by Gasteiger charge is -2.05. The number of nitrogens with one attached hydrogen (secondary N) is 1. The Labute approximate surface area is 162 Å². The lowest BCUT2D eigenvalue weighted by Crippen LogP contribution is -2.24. The van der Waals surface area contributed by atoms with E-state index in [-0.39, 0.29) is 17.5 Å². The maximum absolute atomic E-state index is 12.9. The second kappa shape index (κ2) is 7.85. The van der Waals surface area contributed by atoms with E-state index in [1.165, 1.54) is 23.9 Å². The Morgan fingerprint density at radius 1 is 1.15 bits per heavy atom. The van der Waals surface area contributed by atoms with E-state index in [1.807, 2.05) is 29.6 Å². The number of benzene rings is 1. The third kappa shape index (κ3) is 4.15. The van der Waals surface area contributed by atoms with Crippen LogP contribution in [0.1, 0.15) is 5.56 Å². The number of nitrogens with zero attached hydrogens (tertiary/aromatic N) is 4. The van der Waals surface area contributed by atoms with Gasteiger partial charge in [0.1, 0.15) is 10.8 Å². The van der Waals surface area contributed by atoms with Crippen molar-refractivity contribution in [3.05, 3.63) is 65.3 Å². The van der Waals surface area contributed by atoms with Crippen LogP contribution in [0.2, 0.25) is 0 Å². The first-order valence-corrected chi connectivity index (χ1v) is 9.96. The van der Waals surface area contributed by atoms with Crippen molar-refractivity contribution in [2.75, 3.05) is 5.75 Å². The van der Waals surface area contributed by atoms with Crippen molar-refractivity contribution in [1.82, 2.24) is 25.1 Å². The number of amides is 1. The molecule has 1 aromatic carbocycles. The molecule has 0 spiro atoms. The molecule has 4 rings (SSSR count). The van der Waals surface area contributed by atoms with Crippen molar-refractivity contribution in [3.63, 3.8) is 0 Å². The first-order chi connectivity index (χ1) is 13.2. The molecule has 136 valence electrons. The van der Waals surface area contributed by atoms with E-state index in [0.29, 0.717) is 23.0 Å². The molecular formula is C18H14FN5OS2. The predicted molar refractivity (Wildman–Crippen MR) is 103 cm³/mol. The van der Waals surface area contributed by atoms with Crippen LogP contribution >= 0.6 is 23.1 Å². The highest BCUT2D eigenvalue weighted by atomic mass is 32.2. The van der Waals surface area contributed by atoms with Gasteiger partial charge in [0.2, 0.25) is 5.91 Å². The van der Waals surface area contributed by atoms with Crippen LogP contribution in [0.4, 0.5) is 4.39 Å². The SMILES string of the molecule is O=C(CSc1ccc2nnc(-c3cccs3)n2n1)NCc1ccc(F)cc1. The molecule has 0 aliphatic rings. The molecule has 0 fully saturated rings. The largest absolute Gasteiger partial charge is 0.351 e. The number of thiophene rings is 1. The molecule has 0 aliphatic heterocycles. The van der Waals surface area contributed by atoms with Crippen molar-refractivity contribution in [2.24, 2.45) is 0 Å². The second-order valence-corrected chi connectivity index (χ2v) is 7.58. The Bertz CT molecular complexity index is 1060. The van der Waals surface area contributed by atoms with Crippen LogP contribution in [-0.2, 0) is 11.3 Å². The van der Waals surface area contributed by atoms with Crippen LogP contribution in [0.25, 0.3) is 16.3 Å². The Hall–Kier alpha value is -2.78. The molecule has 1 amide bonds. The Kier molecular flexibility index (Phi) is 5.12. The van der Waals surface area contributed by atoms with E-state index < -0.39 is 0 Å². The first kappa shape index (κ1) is 17.6. The van der Waals surface area contributed by atoms with Gasteiger partial charge in [0.25, 0.3) is 0 Å². The molecule has 0 saturated heterocycles. The molecule has 0 aliphatic carbocycles. The fraction of sp³-hybridized carbons (Fsp3) is 0.111. The number of fused-ring (bicyclic) bond motifs is 1. The average Bonchev–Trinajstić information content (AvgIpc) is 3.35. The van der Waals surface area contributed by atoms with Gasteiger partial charge in [-0.3, -0.25) is 4.79 Å². The summed E-state index contributed by atoms with van der Waals surface area (Å²) in [5.41, 5.74) is 1.50. The number of hydrogen-bond donors (Lipinski definition) is 1. The highest BCUT2D eigenvalue weighted by molar-refractivity contribution is 7.99. The zero-order valence-corrected chi connectivity index (χ0v) is 15.6. The number of thioether (sulfide) groups is 1. The fourth-order valence-electron chi connectivity index (χ4n) is 2.40. The smallest absolute Gasteiger partial charge is 0.230 e. The third-order valence-corrected chi connectivity index (χ3v) is 5.52. The van der Waals surface area contributed by atoms with E-state index in [2.05, 4.69) is 20.6 Å². The van der Waals surface area contributed by atoms with Gasteiger partial charge in [-0.25, -0.2) is 4.39 Å². The minimum Gasteiger partial charge on any atom is -0.351 e. The van der Waals surface area contributed by atoms with Gasteiger partial charge in [-0.15, -0.1) is 21.5 Å². The van der Waals surface area contributed by atoms with Crippen molar-refractivity contribution in [1.29, 1.82) is 0 Å². The third-order valence-electron chi connectivity index (χ3n) is 3.73. The molecule has 0 radical (unpaired) electrons. The summed E-state index contributed by atoms with van der Waals surface area (Å²) in [6.07, 6.45) is 0. The molecule has 3 heterocycles. The number of carbonyl (C=O) groups excluding carboxylic acids is 1. The lowest BCUT2D eigenvalue weighted by molar-refractivity contribution is -0.118. The number of rotatable bonds is 6. The second-order valence-electron chi connectivity index (χ2n) is 5.63. The predicted octanol–water partition coefficient (Wildman–Crippen LogP) is 3.40. The molecule has 0 bridgehead atoms. The van der Waals surface area contributed by atoms with Gasteiger partial charge in [-0.05, 0) is 41.3 Å².